The molecule has 2 aromatic rings. The Kier molecular flexibility index (Phi) is 6.31. The maximum atomic E-state index is 13.0. The molecule has 0 aliphatic carbocycles. The van der Waals surface area contributed by atoms with E-state index in [4.69, 9.17) is 27.9 Å². The van der Waals surface area contributed by atoms with Crippen molar-refractivity contribution in [1.82, 2.24) is 9.21 Å². The molecule has 0 saturated carbocycles. The van der Waals surface area contributed by atoms with Gasteiger partial charge in [0, 0.05) is 31.2 Å². The highest BCUT2D eigenvalue weighted by Gasteiger charge is 2.28. The molecule has 1 amide bonds. The first kappa shape index (κ1) is 21.1. The first-order valence-electron chi connectivity index (χ1n) is 8.58. The number of benzene rings is 2. The number of nitrogens with zero attached hydrogens (tertiary/aromatic N) is 2. The third-order valence-corrected chi connectivity index (χ3v) is 7.08. The topological polar surface area (TPSA) is 66.9 Å². The third kappa shape index (κ3) is 4.34. The maximum absolute atomic E-state index is 13.0. The quantitative estimate of drug-likeness (QED) is 0.726. The van der Waals surface area contributed by atoms with Crippen LogP contribution in [0.4, 0.5) is 0 Å². The van der Waals surface area contributed by atoms with Gasteiger partial charge in [-0.3, -0.25) is 4.79 Å². The van der Waals surface area contributed by atoms with Gasteiger partial charge < -0.3 is 9.64 Å². The molecular formula is C19H20Cl2N2O4S. The average Bonchev–Trinajstić information content (AvgIpc) is 2.68. The second-order valence-electron chi connectivity index (χ2n) is 6.59. The van der Waals surface area contributed by atoms with Gasteiger partial charge in [0.1, 0.15) is 11.0 Å². The van der Waals surface area contributed by atoms with Gasteiger partial charge in [0.25, 0.3) is 5.91 Å². The monoisotopic (exact) mass is 442 g/mol. The summed E-state index contributed by atoms with van der Waals surface area (Å²) < 4.78 is 31.8. The maximum Gasteiger partial charge on any atom is 0.254 e. The lowest BCUT2D eigenvalue weighted by Gasteiger charge is -2.33. The summed E-state index contributed by atoms with van der Waals surface area (Å²) in [6.45, 7) is 1.16. The Bertz CT molecular complexity index is 978. The van der Waals surface area contributed by atoms with Crippen LogP contribution in [0, 0.1) is 0 Å². The molecule has 3 rings (SSSR count). The highest BCUT2D eigenvalue weighted by atomic mass is 35.5. The van der Waals surface area contributed by atoms with Crippen LogP contribution in [0.25, 0.3) is 0 Å². The lowest BCUT2D eigenvalue weighted by molar-refractivity contribution is -0.0228. The number of carbonyl (C=O) groups is 1. The summed E-state index contributed by atoms with van der Waals surface area (Å²) in [4.78, 5) is 14.5. The summed E-state index contributed by atoms with van der Waals surface area (Å²) in [5.41, 5.74) is 1.19. The van der Waals surface area contributed by atoms with E-state index in [-0.39, 0.29) is 27.5 Å². The minimum atomic E-state index is -3.76. The van der Waals surface area contributed by atoms with Gasteiger partial charge in [-0.05, 0) is 35.9 Å². The summed E-state index contributed by atoms with van der Waals surface area (Å²) >= 11 is 12.0. The van der Waals surface area contributed by atoms with Crippen LogP contribution in [0.15, 0.2) is 47.4 Å². The summed E-state index contributed by atoms with van der Waals surface area (Å²) in [5, 5.41) is 0.703. The Labute approximate surface area is 174 Å². The number of ether oxygens (including phenoxy) is 1. The molecule has 1 unspecified atom stereocenters. The van der Waals surface area contributed by atoms with Gasteiger partial charge in [-0.2, -0.15) is 0 Å². The van der Waals surface area contributed by atoms with Crippen molar-refractivity contribution in [2.75, 3.05) is 33.8 Å². The molecule has 6 nitrogen and oxygen atoms in total. The minimum absolute atomic E-state index is 0.0752. The highest BCUT2D eigenvalue weighted by Crippen LogP contribution is 2.28. The Morgan fingerprint density at radius 3 is 2.46 bits per heavy atom. The van der Waals surface area contributed by atoms with Crippen LogP contribution < -0.4 is 0 Å². The molecule has 0 radical (unpaired) electrons. The first-order valence-corrected chi connectivity index (χ1v) is 10.8. The lowest BCUT2D eigenvalue weighted by Crippen LogP contribution is -2.42. The van der Waals surface area contributed by atoms with Gasteiger partial charge in [0.05, 0.1) is 18.2 Å². The van der Waals surface area contributed by atoms with Crippen molar-refractivity contribution in [3.05, 3.63) is 63.6 Å². The fraction of sp³-hybridized carbons (Fsp3) is 0.316. The van der Waals surface area contributed by atoms with Crippen LogP contribution in [0.2, 0.25) is 10.0 Å². The molecule has 150 valence electrons. The average molecular weight is 443 g/mol. The number of amides is 1. The van der Waals surface area contributed by atoms with E-state index in [1.165, 1.54) is 32.3 Å². The van der Waals surface area contributed by atoms with Gasteiger partial charge in [-0.15, -0.1) is 0 Å². The molecule has 1 aliphatic heterocycles. The first-order chi connectivity index (χ1) is 13.2. The van der Waals surface area contributed by atoms with Crippen LogP contribution in [-0.2, 0) is 14.8 Å². The largest absolute Gasteiger partial charge is 0.370 e. The molecule has 1 saturated heterocycles. The molecule has 0 bridgehead atoms. The van der Waals surface area contributed by atoms with Crippen molar-refractivity contribution in [2.24, 2.45) is 0 Å². The lowest BCUT2D eigenvalue weighted by atomic mass is 10.1. The SMILES string of the molecule is CN(C)S(=O)(=O)c1cc(C(=O)N2CCOC(c3ccc(Cl)cc3)C2)ccc1Cl. The summed E-state index contributed by atoms with van der Waals surface area (Å²) in [5.74, 6) is -0.269. The van der Waals surface area contributed by atoms with Crippen molar-refractivity contribution in [3.63, 3.8) is 0 Å². The molecule has 1 fully saturated rings. The number of sulfonamides is 1. The molecule has 1 atom stereocenters. The highest BCUT2D eigenvalue weighted by molar-refractivity contribution is 7.89. The molecule has 0 N–H and O–H groups in total. The van der Waals surface area contributed by atoms with E-state index in [9.17, 15) is 13.2 Å². The van der Waals surface area contributed by atoms with Crippen molar-refractivity contribution in [3.8, 4) is 0 Å². The smallest absolute Gasteiger partial charge is 0.254 e. The van der Waals surface area contributed by atoms with E-state index in [0.717, 1.165) is 9.87 Å². The Hall–Kier alpha value is -1.64. The van der Waals surface area contributed by atoms with Crippen LogP contribution in [0.1, 0.15) is 22.0 Å². The van der Waals surface area contributed by atoms with Gasteiger partial charge >= 0.3 is 0 Å². The van der Waals surface area contributed by atoms with E-state index >= 15 is 0 Å². The minimum Gasteiger partial charge on any atom is -0.370 e. The van der Waals surface area contributed by atoms with E-state index in [2.05, 4.69) is 0 Å². The molecule has 0 aromatic heterocycles. The number of halogens is 2. The molecule has 1 heterocycles. The van der Waals surface area contributed by atoms with E-state index < -0.39 is 10.0 Å². The van der Waals surface area contributed by atoms with Gasteiger partial charge in [-0.25, -0.2) is 12.7 Å². The van der Waals surface area contributed by atoms with Crippen molar-refractivity contribution in [1.29, 1.82) is 0 Å². The third-order valence-electron chi connectivity index (χ3n) is 4.53. The fourth-order valence-electron chi connectivity index (χ4n) is 2.93. The summed E-state index contributed by atoms with van der Waals surface area (Å²) in [6, 6.07) is 11.6. The van der Waals surface area contributed by atoms with Crippen molar-refractivity contribution < 1.29 is 17.9 Å². The van der Waals surface area contributed by atoms with E-state index in [0.29, 0.717) is 24.7 Å². The zero-order valence-electron chi connectivity index (χ0n) is 15.4. The predicted molar refractivity (Wildman–Crippen MR) is 108 cm³/mol. The predicted octanol–water partition coefficient (Wildman–Crippen LogP) is 3.46. The van der Waals surface area contributed by atoms with Crippen LogP contribution in [0.5, 0.6) is 0 Å². The van der Waals surface area contributed by atoms with Crippen LogP contribution >= 0.6 is 23.2 Å². The molecule has 0 spiro atoms. The van der Waals surface area contributed by atoms with Gasteiger partial charge in [-0.1, -0.05) is 35.3 Å². The molecule has 1 aliphatic rings. The number of morpholine rings is 1. The van der Waals surface area contributed by atoms with Gasteiger partial charge in [0.15, 0.2) is 0 Å². The van der Waals surface area contributed by atoms with E-state index in [1.807, 2.05) is 12.1 Å². The van der Waals surface area contributed by atoms with Gasteiger partial charge in [0.2, 0.25) is 10.0 Å². The summed E-state index contributed by atoms with van der Waals surface area (Å²) in [7, 11) is -0.928. The number of hydrogen-bond acceptors (Lipinski definition) is 4. The normalized spacial score (nSPS) is 17.8. The molecule has 2 aromatic carbocycles. The molecule has 9 heteroatoms. The zero-order chi connectivity index (χ0) is 20.5. The fourth-order valence-corrected chi connectivity index (χ4v) is 4.45. The zero-order valence-corrected chi connectivity index (χ0v) is 17.8. The Morgan fingerprint density at radius 1 is 1.14 bits per heavy atom. The van der Waals surface area contributed by atoms with Crippen LogP contribution in [-0.4, -0.2) is 57.3 Å². The Balaban J connectivity index is 1.84. The Morgan fingerprint density at radius 2 is 1.82 bits per heavy atom. The summed E-state index contributed by atoms with van der Waals surface area (Å²) in [6.07, 6.45) is -0.271. The molecule has 28 heavy (non-hydrogen) atoms. The van der Waals surface area contributed by atoms with Crippen molar-refractivity contribution >= 4 is 39.1 Å². The second-order valence-corrected chi connectivity index (χ2v) is 9.56. The van der Waals surface area contributed by atoms with E-state index in [1.54, 1.807) is 17.0 Å². The van der Waals surface area contributed by atoms with Crippen molar-refractivity contribution in [2.45, 2.75) is 11.0 Å². The van der Waals surface area contributed by atoms with Crippen LogP contribution in [0.3, 0.4) is 0 Å². The number of hydrogen-bond donors (Lipinski definition) is 0. The standard InChI is InChI=1S/C19H20Cl2N2O4S/c1-22(2)28(25,26)18-11-14(5-8-16(18)21)19(24)23-9-10-27-17(12-23)13-3-6-15(20)7-4-13/h3-8,11,17H,9-10,12H2,1-2H3. The number of rotatable bonds is 4. The molecular weight excluding hydrogens is 423 g/mol. The second kappa shape index (κ2) is 8.39. The number of carbonyl (C=O) groups excluding carboxylic acids is 1.